The van der Waals surface area contributed by atoms with Crippen LogP contribution in [-0.2, 0) is 11.2 Å². The molecule has 0 N–H and O–H groups in total. The lowest BCUT2D eigenvalue weighted by molar-refractivity contribution is -0.131. The fourth-order valence-corrected chi connectivity index (χ4v) is 1.22. The summed E-state index contributed by atoms with van der Waals surface area (Å²) in [7, 11) is 0. The number of ether oxygens (including phenoxy) is 1. The zero-order valence-corrected chi connectivity index (χ0v) is 8.17. The molecule has 0 aromatic heterocycles. The highest BCUT2D eigenvalue weighted by Gasteiger charge is 1.97. The normalized spacial score (nSPS) is 9.69. The molecule has 0 fully saturated rings. The third kappa shape index (κ3) is 3.47. The van der Waals surface area contributed by atoms with Crippen LogP contribution < -0.4 is 4.74 Å². The average Bonchev–Trinajstić information content (AvgIpc) is 2.08. The fraction of sp³-hybridized carbons (Fsp3) is 0.300. The second-order valence-corrected chi connectivity index (χ2v) is 3.05. The SMILES string of the molecule is CC(=O)Oc1ccc(CCCl)cc1. The number of halogens is 1. The summed E-state index contributed by atoms with van der Waals surface area (Å²) in [6.07, 6.45) is 0.835. The number of alkyl halides is 1. The maximum atomic E-state index is 10.6. The number of aryl methyl sites for hydroxylation is 1. The lowest BCUT2D eigenvalue weighted by Gasteiger charge is -2.01. The van der Waals surface area contributed by atoms with Crippen LogP contribution in [0.3, 0.4) is 0 Å². The predicted octanol–water partition coefficient (Wildman–Crippen LogP) is 2.39. The minimum Gasteiger partial charge on any atom is -0.427 e. The molecule has 0 saturated heterocycles. The second kappa shape index (κ2) is 4.87. The Balaban J connectivity index is 2.64. The number of benzene rings is 1. The summed E-state index contributed by atoms with van der Waals surface area (Å²) in [5.41, 5.74) is 1.14. The summed E-state index contributed by atoms with van der Waals surface area (Å²) in [6, 6.07) is 7.34. The molecule has 1 aromatic rings. The van der Waals surface area contributed by atoms with Crippen LogP contribution in [0.15, 0.2) is 24.3 Å². The smallest absolute Gasteiger partial charge is 0.308 e. The minimum atomic E-state index is -0.301. The molecule has 70 valence electrons. The van der Waals surface area contributed by atoms with Crippen molar-refractivity contribution in [1.82, 2.24) is 0 Å². The standard InChI is InChI=1S/C10H11ClO2/c1-8(12)13-10-4-2-9(3-5-10)6-7-11/h2-5H,6-7H2,1H3. The van der Waals surface area contributed by atoms with Gasteiger partial charge in [0.25, 0.3) is 0 Å². The molecule has 13 heavy (non-hydrogen) atoms. The molecule has 0 saturated carbocycles. The van der Waals surface area contributed by atoms with Crippen LogP contribution in [0.25, 0.3) is 0 Å². The molecule has 0 heterocycles. The van der Waals surface area contributed by atoms with Crippen molar-refractivity contribution < 1.29 is 9.53 Å². The number of carbonyl (C=O) groups excluding carboxylic acids is 1. The summed E-state index contributed by atoms with van der Waals surface area (Å²) in [6.45, 7) is 1.38. The molecule has 1 aromatic carbocycles. The van der Waals surface area contributed by atoms with Crippen LogP contribution in [-0.4, -0.2) is 11.8 Å². The van der Waals surface area contributed by atoms with Crippen molar-refractivity contribution in [2.75, 3.05) is 5.88 Å². The van der Waals surface area contributed by atoms with Gasteiger partial charge in [0.05, 0.1) is 0 Å². The highest BCUT2D eigenvalue weighted by atomic mass is 35.5. The van der Waals surface area contributed by atoms with Crippen LogP contribution in [0, 0.1) is 0 Å². The van der Waals surface area contributed by atoms with Gasteiger partial charge in [-0.15, -0.1) is 11.6 Å². The highest BCUT2D eigenvalue weighted by molar-refractivity contribution is 6.17. The molecule has 0 radical (unpaired) electrons. The van der Waals surface area contributed by atoms with Crippen LogP contribution in [0.5, 0.6) is 5.75 Å². The van der Waals surface area contributed by atoms with E-state index in [1.54, 1.807) is 12.1 Å². The molecule has 0 bridgehead atoms. The molecule has 0 amide bonds. The maximum absolute atomic E-state index is 10.6. The van der Waals surface area contributed by atoms with Crippen LogP contribution >= 0.6 is 11.6 Å². The van der Waals surface area contributed by atoms with E-state index in [-0.39, 0.29) is 5.97 Å². The monoisotopic (exact) mass is 198 g/mol. The van der Waals surface area contributed by atoms with E-state index in [2.05, 4.69) is 0 Å². The van der Waals surface area contributed by atoms with E-state index in [0.717, 1.165) is 12.0 Å². The molecule has 0 aliphatic carbocycles. The van der Waals surface area contributed by atoms with Gasteiger partial charge in [0, 0.05) is 12.8 Å². The zero-order chi connectivity index (χ0) is 9.68. The van der Waals surface area contributed by atoms with Crippen molar-refractivity contribution >= 4 is 17.6 Å². The highest BCUT2D eigenvalue weighted by Crippen LogP contribution is 2.12. The Kier molecular flexibility index (Phi) is 3.77. The molecular weight excluding hydrogens is 188 g/mol. The zero-order valence-electron chi connectivity index (χ0n) is 7.42. The maximum Gasteiger partial charge on any atom is 0.308 e. The molecule has 0 aliphatic heterocycles. The third-order valence-electron chi connectivity index (χ3n) is 1.57. The largest absolute Gasteiger partial charge is 0.427 e. The molecule has 0 aliphatic rings. The van der Waals surface area contributed by atoms with Gasteiger partial charge < -0.3 is 4.74 Å². The van der Waals surface area contributed by atoms with Gasteiger partial charge in [0.2, 0.25) is 0 Å². The summed E-state index contributed by atoms with van der Waals surface area (Å²) < 4.78 is 4.88. The Morgan fingerprint density at radius 3 is 2.46 bits per heavy atom. The van der Waals surface area contributed by atoms with E-state index >= 15 is 0 Å². The van der Waals surface area contributed by atoms with Gasteiger partial charge in [-0.25, -0.2) is 0 Å². The molecule has 0 unspecified atom stereocenters. The predicted molar refractivity (Wildman–Crippen MR) is 52.2 cm³/mol. The van der Waals surface area contributed by atoms with Gasteiger partial charge in [-0.2, -0.15) is 0 Å². The Labute approximate surface area is 82.5 Å². The number of rotatable bonds is 3. The topological polar surface area (TPSA) is 26.3 Å². The van der Waals surface area contributed by atoms with Crippen molar-refractivity contribution in [2.45, 2.75) is 13.3 Å². The van der Waals surface area contributed by atoms with Gasteiger partial charge in [-0.3, -0.25) is 4.79 Å². The van der Waals surface area contributed by atoms with Crippen molar-refractivity contribution in [3.05, 3.63) is 29.8 Å². The third-order valence-corrected chi connectivity index (χ3v) is 1.76. The van der Waals surface area contributed by atoms with E-state index < -0.39 is 0 Å². The first-order valence-electron chi connectivity index (χ1n) is 4.05. The van der Waals surface area contributed by atoms with E-state index in [1.807, 2.05) is 12.1 Å². The van der Waals surface area contributed by atoms with Gasteiger partial charge in [-0.05, 0) is 24.1 Å². The summed E-state index contributed by atoms with van der Waals surface area (Å²) in [5.74, 6) is 0.878. The lowest BCUT2D eigenvalue weighted by atomic mass is 10.2. The van der Waals surface area contributed by atoms with Crippen LogP contribution in [0.2, 0.25) is 0 Å². The number of carbonyl (C=O) groups is 1. The van der Waals surface area contributed by atoms with Crippen LogP contribution in [0.1, 0.15) is 12.5 Å². The number of hydrogen-bond donors (Lipinski definition) is 0. The first-order valence-corrected chi connectivity index (χ1v) is 4.59. The number of hydrogen-bond acceptors (Lipinski definition) is 2. The van der Waals surface area contributed by atoms with Crippen molar-refractivity contribution in [2.24, 2.45) is 0 Å². The van der Waals surface area contributed by atoms with Gasteiger partial charge >= 0.3 is 5.97 Å². The van der Waals surface area contributed by atoms with Crippen molar-refractivity contribution in [3.63, 3.8) is 0 Å². The second-order valence-electron chi connectivity index (χ2n) is 2.68. The van der Waals surface area contributed by atoms with Crippen LogP contribution in [0.4, 0.5) is 0 Å². The summed E-state index contributed by atoms with van der Waals surface area (Å²) >= 11 is 5.57. The minimum absolute atomic E-state index is 0.301. The Hall–Kier alpha value is -1.02. The molecule has 0 spiro atoms. The van der Waals surface area contributed by atoms with Gasteiger partial charge in [0.15, 0.2) is 0 Å². The fourth-order valence-electron chi connectivity index (χ4n) is 0.999. The van der Waals surface area contributed by atoms with Gasteiger partial charge in [0.1, 0.15) is 5.75 Å². The van der Waals surface area contributed by atoms with Crippen molar-refractivity contribution in [1.29, 1.82) is 0 Å². The van der Waals surface area contributed by atoms with E-state index in [4.69, 9.17) is 16.3 Å². The molecule has 0 atom stereocenters. The Morgan fingerprint density at radius 2 is 2.00 bits per heavy atom. The Bertz CT molecular complexity index is 279. The lowest BCUT2D eigenvalue weighted by Crippen LogP contribution is -2.01. The molecule has 2 nitrogen and oxygen atoms in total. The van der Waals surface area contributed by atoms with E-state index in [1.165, 1.54) is 6.92 Å². The molecule has 3 heteroatoms. The first kappa shape index (κ1) is 10.1. The van der Waals surface area contributed by atoms with E-state index in [0.29, 0.717) is 11.6 Å². The molecular formula is C10H11ClO2. The average molecular weight is 199 g/mol. The summed E-state index contributed by atoms with van der Waals surface area (Å²) in [4.78, 5) is 10.6. The Morgan fingerprint density at radius 1 is 1.38 bits per heavy atom. The van der Waals surface area contributed by atoms with Gasteiger partial charge in [-0.1, -0.05) is 12.1 Å². The molecule has 1 rings (SSSR count). The number of esters is 1. The van der Waals surface area contributed by atoms with Crippen molar-refractivity contribution in [3.8, 4) is 5.75 Å². The first-order chi connectivity index (χ1) is 6.22. The van der Waals surface area contributed by atoms with E-state index in [9.17, 15) is 4.79 Å². The quantitative estimate of drug-likeness (QED) is 0.424. The summed E-state index contributed by atoms with van der Waals surface area (Å²) in [5, 5.41) is 0.